The minimum absolute atomic E-state index is 0.00876. The number of fused-ring (bicyclic) bond motifs is 1. The SMILES string of the molecule is COc1cc(-c2cn(C)c(=O)c(C)c2C)cc(OC)c1CN1CCN(c2ccc3c(c2)n(C)c(=O)n3C2CCC(=O)NC2=O)CC1. The van der Waals surface area contributed by atoms with Gasteiger partial charge in [0.1, 0.15) is 17.5 Å². The van der Waals surface area contributed by atoms with Crippen molar-refractivity contribution in [2.24, 2.45) is 14.1 Å². The summed E-state index contributed by atoms with van der Waals surface area (Å²) in [5.74, 6) is 0.714. The number of aromatic nitrogens is 3. The second-order valence-corrected chi connectivity index (χ2v) is 12.2. The van der Waals surface area contributed by atoms with Gasteiger partial charge >= 0.3 is 5.69 Å². The number of aryl methyl sites for hydroxylation is 2. The number of rotatable bonds is 7. The highest BCUT2D eigenvalue weighted by atomic mass is 16.5. The third-order valence-corrected chi connectivity index (χ3v) is 9.56. The van der Waals surface area contributed by atoms with E-state index in [9.17, 15) is 19.2 Å². The summed E-state index contributed by atoms with van der Waals surface area (Å²) in [5.41, 5.74) is 6.64. The van der Waals surface area contributed by atoms with Gasteiger partial charge in [-0.1, -0.05) is 0 Å². The smallest absolute Gasteiger partial charge is 0.329 e. The molecule has 2 amide bonds. The minimum Gasteiger partial charge on any atom is -0.496 e. The topological polar surface area (TPSA) is 120 Å². The van der Waals surface area contributed by atoms with Gasteiger partial charge in [0.2, 0.25) is 11.8 Å². The molecule has 0 radical (unpaired) electrons. The predicted octanol–water partition coefficient (Wildman–Crippen LogP) is 2.64. The highest BCUT2D eigenvalue weighted by Crippen LogP contribution is 2.37. The van der Waals surface area contributed by atoms with Crippen LogP contribution < -0.4 is 30.9 Å². The van der Waals surface area contributed by atoms with E-state index in [4.69, 9.17) is 9.47 Å². The first-order valence-electron chi connectivity index (χ1n) is 15.5. The molecule has 1 N–H and O–H groups in total. The number of ether oxygens (including phenoxy) is 2. The Kier molecular flexibility index (Phi) is 8.24. The van der Waals surface area contributed by atoms with Crippen LogP contribution in [-0.4, -0.2) is 70.8 Å². The Hall–Kier alpha value is -4.84. The first-order chi connectivity index (χ1) is 22.0. The summed E-state index contributed by atoms with van der Waals surface area (Å²) in [6, 6.07) is 9.21. The highest BCUT2D eigenvalue weighted by Gasteiger charge is 2.31. The van der Waals surface area contributed by atoms with Crippen molar-refractivity contribution < 1.29 is 19.1 Å². The van der Waals surface area contributed by atoms with Crippen LogP contribution in [0.4, 0.5) is 5.69 Å². The fourth-order valence-electron chi connectivity index (χ4n) is 6.73. The number of nitrogens with zero attached hydrogens (tertiary/aromatic N) is 5. The number of nitrogens with one attached hydrogen (secondary N) is 1. The first-order valence-corrected chi connectivity index (χ1v) is 15.5. The van der Waals surface area contributed by atoms with Crippen LogP contribution in [0.15, 0.2) is 46.1 Å². The van der Waals surface area contributed by atoms with Crippen LogP contribution in [0, 0.1) is 13.8 Å². The number of amides is 2. The number of methoxy groups -OCH3 is 2. The molecular formula is C34H40N6O6. The van der Waals surface area contributed by atoms with Gasteiger partial charge < -0.3 is 18.9 Å². The van der Waals surface area contributed by atoms with E-state index < -0.39 is 11.9 Å². The molecule has 4 heterocycles. The molecule has 2 fully saturated rings. The summed E-state index contributed by atoms with van der Waals surface area (Å²) < 4.78 is 16.4. The molecule has 6 rings (SSSR count). The van der Waals surface area contributed by atoms with Crippen molar-refractivity contribution in [3.05, 3.63) is 74.1 Å². The van der Waals surface area contributed by atoms with Crippen LogP contribution in [-0.2, 0) is 30.2 Å². The maximum absolute atomic E-state index is 13.2. The number of piperazine rings is 1. The Morgan fingerprint density at radius 2 is 1.54 bits per heavy atom. The normalized spacial score (nSPS) is 17.4. The maximum Gasteiger partial charge on any atom is 0.329 e. The molecule has 46 heavy (non-hydrogen) atoms. The molecule has 0 bridgehead atoms. The summed E-state index contributed by atoms with van der Waals surface area (Å²) in [4.78, 5) is 54.5. The molecule has 0 spiro atoms. The van der Waals surface area contributed by atoms with Crippen LogP contribution in [0.25, 0.3) is 22.2 Å². The van der Waals surface area contributed by atoms with Crippen LogP contribution in [0.2, 0.25) is 0 Å². The van der Waals surface area contributed by atoms with E-state index in [0.717, 1.165) is 71.1 Å². The minimum atomic E-state index is -0.708. The second kappa shape index (κ2) is 12.2. The molecule has 2 aliphatic rings. The molecule has 0 saturated carbocycles. The lowest BCUT2D eigenvalue weighted by Gasteiger charge is -2.36. The standard InChI is InChI=1S/C34H40N6O6/c1-20-21(2)33(43)36(3)18-24(20)22-15-29(45-5)25(30(16-22)46-6)19-38-11-13-39(14-12-38)23-7-8-26-28(17-23)37(4)34(44)40(26)27-9-10-31(41)35-32(27)42/h7-8,15-18,27H,9-14,19H2,1-6H3,(H,35,41,42). The Bertz CT molecular complexity index is 1960. The lowest BCUT2D eigenvalue weighted by molar-refractivity contribution is -0.135. The van der Waals surface area contributed by atoms with Crippen molar-refractivity contribution in [2.45, 2.75) is 39.3 Å². The zero-order valence-electron chi connectivity index (χ0n) is 27.2. The predicted molar refractivity (Wildman–Crippen MR) is 176 cm³/mol. The molecule has 2 saturated heterocycles. The number of imidazole rings is 1. The largest absolute Gasteiger partial charge is 0.496 e. The maximum atomic E-state index is 13.2. The lowest BCUT2D eigenvalue weighted by Crippen LogP contribution is -2.46. The van der Waals surface area contributed by atoms with Crippen molar-refractivity contribution in [3.63, 3.8) is 0 Å². The van der Waals surface area contributed by atoms with Gasteiger partial charge in [-0.15, -0.1) is 0 Å². The number of anilines is 1. The van der Waals surface area contributed by atoms with Gasteiger partial charge in [-0.3, -0.25) is 33.7 Å². The highest BCUT2D eigenvalue weighted by molar-refractivity contribution is 6.00. The van der Waals surface area contributed by atoms with E-state index in [1.807, 2.05) is 50.4 Å². The second-order valence-electron chi connectivity index (χ2n) is 12.2. The third-order valence-electron chi connectivity index (χ3n) is 9.56. The molecule has 2 aromatic carbocycles. The van der Waals surface area contributed by atoms with Crippen LogP contribution in [0.5, 0.6) is 11.5 Å². The van der Waals surface area contributed by atoms with Crippen molar-refractivity contribution >= 4 is 28.5 Å². The lowest BCUT2D eigenvalue weighted by atomic mass is 9.97. The monoisotopic (exact) mass is 628 g/mol. The van der Waals surface area contributed by atoms with Gasteiger partial charge in [0.05, 0.1) is 30.8 Å². The van der Waals surface area contributed by atoms with E-state index in [0.29, 0.717) is 24.0 Å². The van der Waals surface area contributed by atoms with Gasteiger partial charge in [0.15, 0.2) is 0 Å². The summed E-state index contributed by atoms with van der Waals surface area (Å²) in [6.07, 6.45) is 2.37. The third kappa shape index (κ3) is 5.36. The molecule has 1 unspecified atom stereocenters. The Morgan fingerprint density at radius 3 is 2.17 bits per heavy atom. The van der Waals surface area contributed by atoms with Gasteiger partial charge in [0.25, 0.3) is 5.56 Å². The van der Waals surface area contributed by atoms with Crippen LogP contribution >= 0.6 is 0 Å². The summed E-state index contributed by atoms with van der Waals surface area (Å²) >= 11 is 0. The van der Waals surface area contributed by atoms with Gasteiger partial charge in [-0.25, -0.2) is 4.79 Å². The van der Waals surface area contributed by atoms with Crippen LogP contribution in [0.1, 0.15) is 35.6 Å². The van der Waals surface area contributed by atoms with Gasteiger partial charge in [-0.2, -0.15) is 0 Å². The molecule has 2 aliphatic heterocycles. The zero-order valence-corrected chi connectivity index (χ0v) is 27.2. The number of imide groups is 1. The average molecular weight is 629 g/mol. The van der Waals surface area contributed by atoms with E-state index in [1.165, 1.54) is 4.57 Å². The summed E-state index contributed by atoms with van der Waals surface area (Å²) in [6.45, 7) is 7.64. The number of carbonyl (C=O) groups is 2. The molecule has 242 valence electrons. The number of benzene rings is 2. The molecule has 12 heteroatoms. The quantitative estimate of drug-likeness (QED) is 0.311. The Morgan fingerprint density at radius 1 is 0.870 bits per heavy atom. The number of hydrogen-bond acceptors (Lipinski definition) is 8. The number of piperidine rings is 1. The fourth-order valence-corrected chi connectivity index (χ4v) is 6.73. The number of hydrogen-bond donors (Lipinski definition) is 1. The summed E-state index contributed by atoms with van der Waals surface area (Å²) in [5, 5.41) is 2.36. The molecule has 2 aromatic heterocycles. The zero-order chi connectivity index (χ0) is 32.9. The van der Waals surface area contributed by atoms with Crippen molar-refractivity contribution in [3.8, 4) is 22.6 Å². The summed E-state index contributed by atoms with van der Waals surface area (Å²) in [7, 11) is 6.80. The van der Waals surface area contributed by atoms with Gasteiger partial charge in [-0.05, 0) is 61.7 Å². The molecule has 4 aromatic rings. The molecular weight excluding hydrogens is 588 g/mol. The van der Waals surface area contributed by atoms with Crippen molar-refractivity contribution in [1.82, 2.24) is 23.9 Å². The number of carbonyl (C=O) groups excluding carboxylic acids is 2. The molecule has 0 aliphatic carbocycles. The Balaban J connectivity index is 1.20. The van der Waals surface area contributed by atoms with E-state index >= 15 is 0 Å². The van der Waals surface area contributed by atoms with Crippen LogP contribution in [0.3, 0.4) is 0 Å². The molecule has 12 nitrogen and oxygen atoms in total. The number of pyridine rings is 1. The van der Waals surface area contributed by atoms with E-state index in [-0.39, 0.29) is 23.6 Å². The van der Waals surface area contributed by atoms with Crippen molar-refractivity contribution in [1.29, 1.82) is 0 Å². The van der Waals surface area contributed by atoms with E-state index in [1.54, 1.807) is 37.4 Å². The first kappa shape index (κ1) is 31.2. The Labute approximate surface area is 266 Å². The van der Waals surface area contributed by atoms with E-state index in [2.05, 4.69) is 15.1 Å². The molecule has 1 atom stereocenters. The van der Waals surface area contributed by atoms with Crippen molar-refractivity contribution in [2.75, 3.05) is 45.3 Å². The van der Waals surface area contributed by atoms with Gasteiger partial charge in [0, 0.05) is 76.3 Å². The fraction of sp³-hybridized carbons (Fsp3) is 0.412. The average Bonchev–Trinajstić information content (AvgIpc) is 3.30.